The molecular formula is C36H48N4O8S2. The lowest BCUT2D eigenvalue weighted by Gasteiger charge is -2.37. The van der Waals surface area contributed by atoms with E-state index in [1.807, 2.05) is 38.1 Å². The molecule has 0 aromatic heterocycles. The molecular weight excluding hydrogens is 681 g/mol. The Morgan fingerprint density at radius 1 is 1.04 bits per heavy atom. The first-order valence-electron chi connectivity index (χ1n) is 16.6. The Morgan fingerprint density at radius 3 is 2.20 bits per heavy atom. The number of nitrogens with two attached hydrogens (primary N) is 1. The fourth-order valence-electron chi connectivity index (χ4n) is 6.73. The summed E-state index contributed by atoms with van der Waals surface area (Å²) in [4.78, 5) is 67.7. The number of aryl methyl sites for hydroxylation is 2. The average Bonchev–Trinajstić information content (AvgIpc) is 3.41. The number of phenolic OH excluding ortho intramolecular Hbond substituents is 1. The first-order valence-corrected chi connectivity index (χ1v) is 18.8. The van der Waals surface area contributed by atoms with Crippen LogP contribution in [0.5, 0.6) is 5.75 Å². The third-order valence-electron chi connectivity index (χ3n) is 9.58. The molecule has 1 fully saturated rings. The first kappa shape index (κ1) is 39.2. The molecule has 2 aliphatic rings. The number of ketones is 1. The molecule has 5 atom stereocenters. The summed E-state index contributed by atoms with van der Waals surface area (Å²) in [7, 11) is 0. The van der Waals surface area contributed by atoms with Gasteiger partial charge in [0, 0.05) is 28.4 Å². The van der Waals surface area contributed by atoms with Crippen LogP contribution < -0.4 is 21.7 Å². The molecule has 1 saturated heterocycles. The van der Waals surface area contributed by atoms with Crippen LogP contribution in [0.15, 0.2) is 36.4 Å². The molecule has 0 bridgehead atoms. The molecule has 50 heavy (non-hydrogen) atoms. The average molecular weight is 729 g/mol. The molecule has 0 radical (unpaired) electrons. The monoisotopic (exact) mass is 728 g/mol. The largest absolute Gasteiger partial charge is 0.508 e. The van der Waals surface area contributed by atoms with Crippen LogP contribution in [0.4, 0.5) is 0 Å². The number of amides is 3. The summed E-state index contributed by atoms with van der Waals surface area (Å²) in [6.07, 6.45) is -0.969. The summed E-state index contributed by atoms with van der Waals surface area (Å²) in [5.41, 5.74) is 9.30. The lowest BCUT2D eigenvalue weighted by atomic mass is 9.77. The van der Waals surface area contributed by atoms with Crippen LogP contribution in [-0.2, 0) is 43.2 Å². The maximum Gasteiger partial charge on any atom is 0.328 e. The third kappa shape index (κ3) is 9.19. The number of carboxylic acids is 1. The van der Waals surface area contributed by atoms with Crippen molar-refractivity contribution in [2.24, 2.45) is 11.1 Å². The van der Waals surface area contributed by atoms with Crippen molar-refractivity contribution in [1.29, 1.82) is 0 Å². The molecule has 0 saturated carbocycles. The Kier molecular flexibility index (Phi) is 12.7. The van der Waals surface area contributed by atoms with Gasteiger partial charge in [-0.05, 0) is 93.8 Å². The van der Waals surface area contributed by atoms with Gasteiger partial charge in [-0.2, -0.15) is 23.5 Å². The van der Waals surface area contributed by atoms with Gasteiger partial charge in [-0.3, -0.25) is 19.2 Å². The van der Waals surface area contributed by atoms with Gasteiger partial charge in [0.2, 0.25) is 17.7 Å². The number of hydrogen-bond acceptors (Lipinski definition) is 10. The summed E-state index contributed by atoms with van der Waals surface area (Å²) < 4.78 is -0.919. The molecule has 2 aromatic carbocycles. The van der Waals surface area contributed by atoms with Gasteiger partial charge in [-0.25, -0.2) is 4.79 Å². The van der Waals surface area contributed by atoms with E-state index in [1.165, 1.54) is 30.4 Å². The number of rotatable bonds is 8. The zero-order valence-electron chi connectivity index (χ0n) is 29.1. The number of phenols is 1. The van der Waals surface area contributed by atoms with Gasteiger partial charge in [0.1, 0.15) is 11.8 Å². The highest BCUT2D eigenvalue weighted by molar-refractivity contribution is 8.03. The molecule has 272 valence electrons. The summed E-state index contributed by atoms with van der Waals surface area (Å²) in [6.45, 7) is 8.49. The van der Waals surface area contributed by atoms with Gasteiger partial charge in [0.15, 0.2) is 11.8 Å². The Bertz CT molecular complexity index is 1580. The summed E-state index contributed by atoms with van der Waals surface area (Å²) in [6, 6.07) is 6.01. The SMILES string of the molecule is Cc1cc(O)cc(C)c1C[C@H](N)C(=O)N[C@@H]1CSCCSC(C)(C)[C@H](C(=O)N[C@H](C(=O)O)C(C)O)NC(=O)C2(CC1=O)Cc1ccccc1C2. The van der Waals surface area contributed by atoms with E-state index >= 15 is 0 Å². The molecule has 8 N–H and O–H groups in total. The number of aromatic hydroxyl groups is 1. The van der Waals surface area contributed by atoms with Crippen LogP contribution in [0.2, 0.25) is 0 Å². The van der Waals surface area contributed by atoms with Crippen molar-refractivity contribution in [3.05, 3.63) is 64.2 Å². The molecule has 1 aliphatic heterocycles. The Labute approximate surface area is 301 Å². The number of aliphatic hydroxyl groups is 1. The van der Waals surface area contributed by atoms with E-state index in [-0.39, 0.29) is 43.0 Å². The number of hydrogen-bond donors (Lipinski definition) is 7. The number of aliphatic carboxylic acids is 1. The Morgan fingerprint density at radius 2 is 1.64 bits per heavy atom. The normalized spacial score (nSPS) is 22.5. The quantitative estimate of drug-likeness (QED) is 0.209. The molecule has 1 heterocycles. The minimum Gasteiger partial charge on any atom is -0.508 e. The highest BCUT2D eigenvalue weighted by Gasteiger charge is 2.49. The minimum atomic E-state index is -1.59. The molecule has 1 spiro atoms. The highest BCUT2D eigenvalue weighted by atomic mass is 32.2. The number of carboxylic acid groups (broad SMARTS) is 1. The fraction of sp³-hybridized carbons (Fsp3) is 0.528. The lowest BCUT2D eigenvalue weighted by molar-refractivity contribution is -0.145. The molecule has 12 nitrogen and oxygen atoms in total. The third-order valence-corrected chi connectivity index (χ3v) is 12.3. The smallest absolute Gasteiger partial charge is 0.328 e. The minimum absolute atomic E-state index is 0.123. The standard InChI is InChI=1S/C36H48N4O8S2/c1-19-12-24(42)13-20(2)25(19)14-26(37)31(44)38-27-18-49-10-11-50-35(4,5)30(32(45)39-29(21(3)41)33(46)47)40-34(48)36(17-28(27)43)15-22-8-6-7-9-23(22)16-36/h6-9,12-13,21,26-27,29-30,41-42H,10-11,14-18,37H2,1-5H3,(H,38,44)(H,39,45)(H,40,48)(H,46,47)/t21?,26-,27+,29-,30-/m0/s1. The molecule has 2 aromatic rings. The van der Waals surface area contributed by atoms with Crippen molar-refractivity contribution < 1.29 is 39.3 Å². The van der Waals surface area contributed by atoms with Crippen LogP contribution in [0.25, 0.3) is 0 Å². The number of carbonyl (C=O) groups is 5. The Balaban J connectivity index is 1.64. The van der Waals surface area contributed by atoms with Crippen LogP contribution >= 0.6 is 23.5 Å². The van der Waals surface area contributed by atoms with Crippen molar-refractivity contribution in [3.63, 3.8) is 0 Å². The topological polar surface area (TPSA) is 208 Å². The highest BCUT2D eigenvalue weighted by Crippen LogP contribution is 2.42. The zero-order valence-corrected chi connectivity index (χ0v) is 30.7. The van der Waals surface area contributed by atoms with Crippen LogP contribution in [0.1, 0.15) is 55.0 Å². The summed E-state index contributed by atoms with van der Waals surface area (Å²) >= 11 is 2.87. The van der Waals surface area contributed by atoms with E-state index < -0.39 is 64.1 Å². The number of fused-ring (bicyclic) bond motifs is 1. The second-order valence-electron chi connectivity index (χ2n) is 14.0. The van der Waals surface area contributed by atoms with Gasteiger partial charge in [-0.15, -0.1) is 0 Å². The summed E-state index contributed by atoms with van der Waals surface area (Å²) in [5.74, 6) is -2.13. The van der Waals surface area contributed by atoms with Crippen molar-refractivity contribution >= 4 is 53.0 Å². The van der Waals surface area contributed by atoms with Gasteiger partial charge in [0.25, 0.3) is 0 Å². The van der Waals surface area contributed by atoms with Crippen LogP contribution in [-0.4, -0.2) is 97.1 Å². The van der Waals surface area contributed by atoms with E-state index in [9.17, 15) is 39.3 Å². The fourth-order valence-corrected chi connectivity index (χ4v) is 9.06. The van der Waals surface area contributed by atoms with Crippen molar-refractivity contribution in [2.45, 2.75) is 95.3 Å². The number of nitrogens with one attached hydrogen (secondary N) is 3. The first-order chi connectivity index (χ1) is 23.4. The van der Waals surface area contributed by atoms with Gasteiger partial charge < -0.3 is 37.0 Å². The number of benzene rings is 2. The van der Waals surface area contributed by atoms with Crippen molar-refractivity contribution in [2.75, 3.05) is 17.3 Å². The number of carbonyl (C=O) groups excluding carboxylic acids is 4. The second kappa shape index (κ2) is 16.2. The number of aliphatic hydroxyl groups excluding tert-OH is 1. The van der Waals surface area contributed by atoms with E-state index in [4.69, 9.17) is 5.73 Å². The molecule has 4 rings (SSSR count). The van der Waals surface area contributed by atoms with E-state index in [1.54, 1.807) is 26.0 Å². The maximum absolute atomic E-state index is 14.5. The van der Waals surface area contributed by atoms with Crippen molar-refractivity contribution in [1.82, 2.24) is 16.0 Å². The molecule has 3 amide bonds. The predicted molar refractivity (Wildman–Crippen MR) is 194 cm³/mol. The molecule has 14 heteroatoms. The number of thioether (sulfide) groups is 2. The van der Waals surface area contributed by atoms with Gasteiger partial charge in [-0.1, -0.05) is 24.3 Å². The number of Topliss-reactive ketones (excluding diaryl/α,β-unsaturated/α-hetero) is 1. The van der Waals surface area contributed by atoms with Crippen LogP contribution in [0.3, 0.4) is 0 Å². The van der Waals surface area contributed by atoms with Crippen molar-refractivity contribution in [3.8, 4) is 5.75 Å². The van der Waals surface area contributed by atoms with Crippen LogP contribution in [0, 0.1) is 19.3 Å². The predicted octanol–water partition coefficient (Wildman–Crippen LogP) is 1.80. The Hall–Kier alpha value is -3.59. The van der Waals surface area contributed by atoms with Gasteiger partial charge >= 0.3 is 5.97 Å². The summed E-state index contributed by atoms with van der Waals surface area (Å²) in [5, 5.41) is 37.8. The molecule has 1 aliphatic carbocycles. The second-order valence-corrected chi connectivity index (χ2v) is 16.9. The maximum atomic E-state index is 14.5. The van der Waals surface area contributed by atoms with E-state index in [2.05, 4.69) is 16.0 Å². The van der Waals surface area contributed by atoms with Gasteiger partial charge in [0.05, 0.1) is 23.6 Å². The lowest BCUT2D eigenvalue weighted by Crippen LogP contribution is -2.62. The zero-order chi connectivity index (χ0) is 37.0. The van der Waals surface area contributed by atoms with E-state index in [0.29, 0.717) is 11.5 Å². The molecule has 1 unspecified atom stereocenters. The van der Waals surface area contributed by atoms with E-state index in [0.717, 1.165) is 27.8 Å².